The Hall–Kier alpha value is -1.48. The second-order valence-electron chi connectivity index (χ2n) is 4.53. The topological polar surface area (TPSA) is 43.8 Å². The van der Waals surface area contributed by atoms with Crippen LogP contribution in [-0.2, 0) is 19.9 Å². The van der Waals surface area contributed by atoms with Crippen LogP contribution < -0.4 is 5.73 Å². The number of benzene rings is 1. The lowest BCUT2D eigenvalue weighted by molar-refractivity contribution is 0.782. The van der Waals surface area contributed by atoms with Gasteiger partial charge in [-0.3, -0.25) is 4.68 Å². The van der Waals surface area contributed by atoms with Gasteiger partial charge in [0.15, 0.2) is 0 Å². The molecule has 0 unspecified atom stereocenters. The van der Waals surface area contributed by atoms with Crippen molar-refractivity contribution >= 4 is 17.4 Å². The Morgan fingerprint density at radius 1 is 1.29 bits per heavy atom. The van der Waals surface area contributed by atoms with Crippen LogP contribution in [-0.4, -0.2) is 9.78 Å². The van der Waals surface area contributed by atoms with Gasteiger partial charge >= 0.3 is 0 Å². The first-order valence-electron chi connectivity index (χ1n) is 5.76. The fourth-order valence-corrected chi connectivity index (χ4v) is 2.76. The van der Waals surface area contributed by atoms with Gasteiger partial charge in [0, 0.05) is 23.7 Å². The highest BCUT2D eigenvalue weighted by Crippen LogP contribution is 2.33. The fraction of sp³-hybridized carbons (Fsp3) is 0.308. The Bertz CT molecular complexity index is 567. The van der Waals surface area contributed by atoms with E-state index >= 15 is 0 Å². The number of aromatic nitrogens is 2. The average molecular weight is 248 g/mol. The van der Waals surface area contributed by atoms with E-state index in [1.807, 2.05) is 19.2 Å². The molecule has 3 rings (SSSR count). The maximum absolute atomic E-state index is 6.31. The van der Waals surface area contributed by atoms with E-state index in [0.29, 0.717) is 5.82 Å². The van der Waals surface area contributed by atoms with Crippen LogP contribution in [0.25, 0.3) is 11.3 Å². The molecule has 88 valence electrons. The summed E-state index contributed by atoms with van der Waals surface area (Å²) >= 11 is 6.31. The molecule has 1 aromatic carbocycles. The number of nitrogens with zero attached hydrogens (tertiary/aromatic N) is 2. The summed E-state index contributed by atoms with van der Waals surface area (Å²) in [4.78, 5) is 0. The molecule has 0 bridgehead atoms. The smallest absolute Gasteiger partial charge is 0.121 e. The molecule has 0 saturated heterocycles. The number of aryl methyl sites for hydroxylation is 2. The zero-order valence-electron chi connectivity index (χ0n) is 9.70. The first-order chi connectivity index (χ1) is 8.15. The lowest BCUT2D eigenvalue weighted by Gasteiger charge is -2.05. The molecule has 0 fully saturated rings. The van der Waals surface area contributed by atoms with E-state index in [1.165, 1.54) is 17.5 Å². The maximum Gasteiger partial charge on any atom is 0.121 e. The third-order valence-electron chi connectivity index (χ3n) is 3.37. The molecule has 1 aliphatic carbocycles. The number of hydrogen-bond donors (Lipinski definition) is 1. The molecule has 1 aromatic heterocycles. The van der Waals surface area contributed by atoms with Crippen LogP contribution in [0.2, 0.25) is 5.02 Å². The minimum atomic E-state index is 0.664. The van der Waals surface area contributed by atoms with Crippen molar-refractivity contribution in [2.75, 3.05) is 5.73 Å². The van der Waals surface area contributed by atoms with Gasteiger partial charge in [-0.05, 0) is 42.5 Å². The summed E-state index contributed by atoms with van der Waals surface area (Å²) in [5.41, 5.74) is 10.4. The van der Waals surface area contributed by atoms with Gasteiger partial charge in [0.2, 0.25) is 0 Å². The lowest BCUT2D eigenvalue weighted by Crippen LogP contribution is -1.96. The Balaban J connectivity index is 2.13. The molecular weight excluding hydrogens is 234 g/mol. The molecule has 0 amide bonds. The van der Waals surface area contributed by atoms with Crippen molar-refractivity contribution in [2.24, 2.45) is 7.05 Å². The minimum absolute atomic E-state index is 0.664. The highest BCUT2D eigenvalue weighted by atomic mass is 35.5. The second kappa shape index (κ2) is 3.77. The Morgan fingerprint density at radius 2 is 2.12 bits per heavy atom. The van der Waals surface area contributed by atoms with Crippen LogP contribution in [0.3, 0.4) is 0 Å². The van der Waals surface area contributed by atoms with Crippen LogP contribution in [0.4, 0.5) is 5.82 Å². The van der Waals surface area contributed by atoms with E-state index in [0.717, 1.165) is 29.1 Å². The number of halogens is 1. The first-order valence-corrected chi connectivity index (χ1v) is 6.14. The van der Waals surface area contributed by atoms with Gasteiger partial charge in [0.1, 0.15) is 5.82 Å². The highest BCUT2D eigenvalue weighted by molar-refractivity contribution is 6.31. The van der Waals surface area contributed by atoms with Crippen molar-refractivity contribution in [1.29, 1.82) is 0 Å². The quantitative estimate of drug-likeness (QED) is 0.842. The molecule has 1 aliphatic rings. The van der Waals surface area contributed by atoms with E-state index in [4.69, 9.17) is 17.3 Å². The van der Waals surface area contributed by atoms with Gasteiger partial charge < -0.3 is 5.73 Å². The van der Waals surface area contributed by atoms with E-state index in [-0.39, 0.29) is 0 Å². The predicted octanol–water partition coefficient (Wildman–Crippen LogP) is 2.81. The SMILES string of the molecule is Cn1nc(-c2cc(Cl)c3c(c2)CCC3)cc1N. The molecule has 17 heavy (non-hydrogen) atoms. The average Bonchev–Trinajstić information content (AvgIpc) is 2.87. The molecule has 2 aromatic rings. The second-order valence-corrected chi connectivity index (χ2v) is 4.93. The normalized spacial score (nSPS) is 14.0. The molecule has 2 N–H and O–H groups in total. The fourth-order valence-electron chi connectivity index (χ4n) is 2.42. The van der Waals surface area contributed by atoms with E-state index in [2.05, 4.69) is 11.2 Å². The van der Waals surface area contributed by atoms with Crippen LogP contribution in [0.1, 0.15) is 17.5 Å². The van der Waals surface area contributed by atoms with Crippen molar-refractivity contribution in [3.05, 3.63) is 34.3 Å². The van der Waals surface area contributed by atoms with Gasteiger partial charge in [-0.15, -0.1) is 0 Å². The first kappa shape index (κ1) is 10.7. The molecule has 3 nitrogen and oxygen atoms in total. The third kappa shape index (κ3) is 1.71. The van der Waals surface area contributed by atoms with Crippen molar-refractivity contribution in [3.63, 3.8) is 0 Å². The Morgan fingerprint density at radius 3 is 2.82 bits per heavy atom. The van der Waals surface area contributed by atoms with Gasteiger partial charge in [-0.1, -0.05) is 11.6 Å². The largest absolute Gasteiger partial charge is 0.384 e. The summed E-state index contributed by atoms with van der Waals surface area (Å²) in [5, 5.41) is 5.24. The molecule has 0 saturated carbocycles. The number of hydrogen-bond acceptors (Lipinski definition) is 2. The monoisotopic (exact) mass is 247 g/mol. The van der Waals surface area contributed by atoms with Gasteiger partial charge in [0.25, 0.3) is 0 Å². The molecule has 0 spiro atoms. The zero-order chi connectivity index (χ0) is 12.0. The molecule has 0 atom stereocenters. The number of anilines is 1. The van der Waals surface area contributed by atoms with Crippen LogP contribution in [0, 0.1) is 0 Å². The van der Waals surface area contributed by atoms with Crippen molar-refractivity contribution in [1.82, 2.24) is 9.78 Å². The van der Waals surface area contributed by atoms with Crippen LogP contribution in [0.15, 0.2) is 18.2 Å². The van der Waals surface area contributed by atoms with Gasteiger partial charge in [0.05, 0.1) is 5.69 Å². The highest BCUT2D eigenvalue weighted by Gasteiger charge is 2.16. The summed E-state index contributed by atoms with van der Waals surface area (Å²) in [6.45, 7) is 0. The molecule has 4 heteroatoms. The van der Waals surface area contributed by atoms with Crippen molar-refractivity contribution < 1.29 is 0 Å². The number of nitrogens with two attached hydrogens (primary N) is 1. The Kier molecular flexibility index (Phi) is 2.37. The molecule has 0 aliphatic heterocycles. The van der Waals surface area contributed by atoms with Crippen LogP contribution in [0.5, 0.6) is 0 Å². The van der Waals surface area contributed by atoms with E-state index in [9.17, 15) is 0 Å². The standard InChI is InChI=1S/C13H14ClN3/c1-17-13(15)7-12(16-17)9-5-8-3-2-4-10(8)11(14)6-9/h5-7H,2-4,15H2,1H3. The third-order valence-corrected chi connectivity index (χ3v) is 3.71. The zero-order valence-corrected chi connectivity index (χ0v) is 10.5. The Labute approximate surface area is 105 Å². The van der Waals surface area contributed by atoms with E-state index < -0.39 is 0 Å². The van der Waals surface area contributed by atoms with E-state index in [1.54, 1.807) is 4.68 Å². The molecule has 1 heterocycles. The number of nitrogen functional groups attached to an aromatic ring is 1. The predicted molar refractivity (Wildman–Crippen MR) is 70.1 cm³/mol. The van der Waals surface area contributed by atoms with Gasteiger partial charge in [-0.25, -0.2) is 0 Å². The number of rotatable bonds is 1. The summed E-state index contributed by atoms with van der Waals surface area (Å²) in [5.74, 6) is 0.664. The van der Waals surface area contributed by atoms with Crippen molar-refractivity contribution in [3.8, 4) is 11.3 Å². The molecule has 0 radical (unpaired) electrons. The number of fused-ring (bicyclic) bond motifs is 1. The minimum Gasteiger partial charge on any atom is -0.384 e. The summed E-state index contributed by atoms with van der Waals surface area (Å²) in [6.07, 6.45) is 3.41. The van der Waals surface area contributed by atoms with Crippen molar-refractivity contribution in [2.45, 2.75) is 19.3 Å². The lowest BCUT2D eigenvalue weighted by atomic mass is 10.0. The van der Waals surface area contributed by atoms with Gasteiger partial charge in [-0.2, -0.15) is 5.10 Å². The summed E-state index contributed by atoms with van der Waals surface area (Å²) < 4.78 is 1.68. The maximum atomic E-state index is 6.31. The summed E-state index contributed by atoms with van der Waals surface area (Å²) in [6, 6.07) is 6.07. The molecular formula is C13H14ClN3. The van der Waals surface area contributed by atoms with Crippen LogP contribution >= 0.6 is 11.6 Å². The summed E-state index contributed by atoms with van der Waals surface area (Å²) in [7, 11) is 1.84.